The van der Waals surface area contributed by atoms with Crippen LogP contribution in [-0.4, -0.2) is 36.4 Å². The Bertz CT molecular complexity index is 838. The summed E-state index contributed by atoms with van der Waals surface area (Å²) in [7, 11) is 0. The van der Waals surface area contributed by atoms with Gasteiger partial charge in [-0.15, -0.1) is 0 Å². The van der Waals surface area contributed by atoms with Crippen LogP contribution in [0.1, 0.15) is 45.1 Å². The largest absolute Gasteiger partial charge is 0.357 e. The number of hydrogen-bond acceptors (Lipinski definition) is 2. The van der Waals surface area contributed by atoms with Gasteiger partial charge in [0.2, 0.25) is 0 Å². The van der Waals surface area contributed by atoms with Gasteiger partial charge in [-0.25, -0.2) is 0 Å². The molecule has 26 heavy (non-hydrogen) atoms. The molecule has 1 aliphatic carbocycles. The summed E-state index contributed by atoms with van der Waals surface area (Å²) < 4.78 is 1.23. The topological polar surface area (TPSA) is 29.1 Å². The normalized spacial score (nSPS) is 38.2. The molecule has 3 heteroatoms. The number of nitrogens with one attached hydrogen (secondary N) is 1. The minimum absolute atomic E-state index is 0.0380. The predicted molar refractivity (Wildman–Crippen MR) is 105 cm³/mol. The quantitative estimate of drug-likeness (QED) is 0.502. The average Bonchev–Trinajstić information content (AvgIpc) is 3.20. The number of rotatable bonds is 4. The third kappa shape index (κ3) is 1.80. The van der Waals surface area contributed by atoms with Crippen molar-refractivity contribution < 1.29 is 9.28 Å². The molecular weight excluding hydrogens is 320 g/mol. The van der Waals surface area contributed by atoms with Crippen LogP contribution < -0.4 is 5.32 Å². The molecule has 5 rings (SSSR count). The summed E-state index contributed by atoms with van der Waals surface area (Å²) in [5.74, 6) is 0.318. The van der Waals surface area contributed by atoms with Crippen LogP contribution in [0.4, 0.5) is 5.69 Å². The van der Waals surface area contributed by atoms with Crippen molar-refractivity contribution in [1.29, 1.82) is 0 Å². The first-order valence-corrected chi connectivity index (χ1v) is 10.3. The first-order chi connectivity index (χ1) is 12.7. The molecule has 0 aromatic heterocycles. The fourth-order valence-electron chi connectivity index (χ4n) is 6.70. The van der Waals surface area contributed by atoms with Crippen LogP contribution in [0.5, 0.6) is 0 Å². The van der Waals surface area contributed by atoms with Crippen molar-refractivity contribution in [2.75, 3.05) is 25.0 Å². The number of carbonyl (C=O) groups excluding carboxylic acids is 1. The summed E-state index contributed by atoms with van der Waals surface area (Å²) in [6.45, 7) is 8.12. The number of unbranched alkanes of at least 4 members (excludes halogenated alkanes) is 1. The number of hydrogen-bond donors (Lipinski definition) is 1. The molecule has 1 aromatic rings. The van der Waals surface area contributed by atoms with Gasteiger partial charge in [0.1, 0.15) is 18.9 Å². The average molecular weight is 349 g/mol. The third-order valence-corrected chi connectivity index (χ3v) is 7.82. The van der Waals surface area contributed by atoms with E-state index in [1.54, 1.807) is 0 Å². The molecule has 1 aromatic carbocycles. The van der Waals surface area contributed by atoms with Gasteiger partial charge in [-0.1, -0.05) is 37.6 Å². The molecular formula is C23H29N2O+. The minimum atomic E-state index is 0.0380. The number of fused-ring (bicyclic) bond motifs is 2. The van der Waals surface area contributed by atoms with Crippen molar-refractivity contribution in [3.05, 3.63) is 52.7 Å². The van der Waals surface area contributed by atoms with Gasteiger partial charge in [0.05, 0.1) is 18.5 Å². The Morgan fingerprint density at radius 1 is 1.35 bits per heavy atom. The zero-order valence-corrected chi connectivity index (χ0v) is 15.9. The maximum Gasteiger partial charge on any atom is 0.148 e. The second-order valence-corrected chi connectivity index (χ2v) is 8.69. The third-order valence-electron chi connectivity index (χ3n) is 7.82. The van der Waals surface area contributed by atoms with E-state index in [-0.39, 0.29) is 5.41 Å². The molecule has 3 unspecified atom stereocenters. The summed E-state index contributed by atoms with van der Waals surface area (Å²) in [4.78, 5) is 12.2. The lowest BCUT2D eigenvalue weighted by atomic mass is 9.61. The molecule has 2 bridgehead atoms. The van der Waals surface area contributed by atoms with Crippen molar-refractivity contribution in [2.45, 2.75) is 51.0 Å². The van der Waals surface area contributed by atoms with Crippen molar-refractivity contribution in [2.24, 2.45) is 5.92 Å². The fourth-order valence-corrected chi connectivity index (χ4v) is 6.70. The van der Waals surface area contributed by atoms with Gasteiger partial charge in [0.25, 0.3) is 0 Å². The highest BCUT2D eigenvalue weighted by Gasteiger charge is 2.68. The first kappa shape index (κ1) is 16.3. The molecule has 4 aliphatic rings. The van der Waals surface area contributed by atoms with Crippen LogP contribution in [0.3, 0.4) is 0 Å². The van der Waals surface area contributed by atoms with Gasteiger partial charge in [-0.3, -0.25) is 4.79 Å². The van der Waals surface area contributed by atoms with Crippen molar-refractivity contribution in [3.63, 3.8) is 0 Å². The van der Waals surface area contributed by atoms with E-state index >= 15 is 0 Å². The molecule has 0 saturated carbocycles. The zero-order valence-electron chi connectivity index (χ0n) is 15.9. The minimum Gasteiger partial charge on any atom is -0.357 e. The Kier molecular flexibility index (Phi) is 3.49. The van der Waals surface area contributed by atoms with E-state index < -0.39 is 0 Å². The molecule has 136 valence electrons. The lowest BCUT2D eigenvalue weighted by Crippen LogP contribution is -2.63. The highest BCUT2D eigenvalue weighted by molar-refractivity contribution is 5.84. The van der Waals surface area contributed by atoms with Gasteiger partial charge in [-0.05, 0) is 30.5 Å². The second-order valence-electron chi connectivity index (χ2n) is 8.69. The molecule has 2 saturated heterocycles. The maximum absolute atomic E-state index is 12.2. The zero-order chi connectivity index (χ0) is 17.9. The van der Waals surface area contributed by atoms with Crippen LogP contribution in [0.2, 0.25) is 0 Å². The number of quaternary nitrogens is 1. The Hall–Kier alpha value is -1.87. The Morgan fingerprint density at radius 2 is 2.19 bits per heavy atom. The SMILES string of the molecule is C/C=C1\C[N+]2(CCCC)CCC34C(=C(C=O)[C@H]1CC32)Nc1ccccc14. The van der Waals surface area contributed by atoms with Crippen molar-refractivity contribution >= 4 is 12.0 Å². The van der Waals surface area contributed by atoms with E-state index in [1.807, 2.05) is 0 Å². The number of piperidine rings is 1. The lowest BCUT2D eigenvalue weighted by molar-refractivity contribution is -0.941. The van der Waals surface area contributed by atoms with E-state index in [0.29, 0.717) is 12.0 Å². The van der Waals surface area contributed by atoms with Crippen LogP contribution in [0.15, 0.2) is 47.2 Å². The summed E-state index contributed by atoms with van der Waals surface area (Å²) in [6.07, 6.45) is 8.31. The fraction of sp³-hybridized carbons (Fsp3) is 0.522. The maximum atomic E-state index is 12.2. The highest BCUT2D eigenvalue weighted by Crippen LogP contribution is 2.63. The van der Waals surface area contributed by atoms with Gasteiger partial charge < -0.3 is 9.80 Å². The Labute approximate surface area is 156 Å². The van der Waals surface area contributed by atoms with E-state index in [4.69, 9.17) is 0 Å². The molecule has 0 radical (unpaired) electrons. The van der Waals surface area contributed by atoms with E-state index in [2.05, 4.69) is 49.5 Å². The van der Waals surface area contributed by atoms with E-state index in [9.17, 15) is 4.79 Å². The summed E-state index contributed by atoms with van der Waals surface area (Å²) in [6, 6.07) is 9.39. The number of carbonyl (C=O) groups is 1. The Morgan fingerprint density at radius 3 is 2.96 bits per heavy atom. The number of nitrogens with zero attached hydrogens (tertiary/aromatic N) is 1. The molecule has 0 amide bonds. The van der Waals surface area contributed by atoms with Crippen molar-refractivity contribution in [3.8, 4) is 0 Å². The van der Waals surface area contributed by atoms with Crippen molar-refractivity contribution in [1.82, 2.24) is 0 Å². The number of anilines is 1. The summed E-state index contributed by atoms with van der Waals surface area (Å²) in [5, 5.41) is 3.71. The van der Waals surface area contributed by atoms with E-state index in [1.165, 1.54) is 59.4 Å². The number of para-hydroxylation sites is 1. The monoisotopic (exact) mass is 349 g/mol. The smallest absolute Gasteiger partial charge is 0.148 e. The molecule has 3 heterocycles. The van der Waals surface area contributed by atoms with Gasteiger partial charge in [-0.2, -0.15) is 0 Å². The number of allylic oxidation sites excluding steroid dienone is 2. The molecule has 4 atom stereocenters. The summed E-state index contributed by atoms with van der Waals surface area (Å²) >= 11 is 0. The Balaban J connectivity index is 1.76. The number of aldehydes is 1. The summed E-state index contributed by atoms with van der Waals surface area (Å²) in [5.41, 5.74) is 6.47. The molecule has 2 fully saturated rings. The second kappa shape index (κ2) is 5.56. The predicted octanol–water partition coefficient (Wildman–Crippen LogP) is 4.17. The first-order valence-electron chi connectivity index (χ1n) is 10.3. The van der Waals surface area contributed by atoms with Gasteiger partial charge in [0, 0.05) is 35.7 Å². The molecule has 1 N–H and O–H groups in total. The van der Waals surface area contributed by atoms with Crippen LogP contribution in [-0.2, 0) is 10.2 Å². The van der Waals surface area contributed by atoms with Gasteiger partial charge in [0.15, 0.2) is 0 Å². The van der Waals surface area contributed by atoms with Gasteiger partial charge >= 0.3 is 0 Å². The van der Waals surface area contributed by atoms with E-state index in [0.717, 1.165) is 24.8 Å². The molecule has 3 aliphatic heterocycles. The standard InChI is InChI=1S/C23H28N2O/c1-3-5-11-25-12-10-23-19-8-6-7-9-20(19)24-22(23)18(15-26)17(13-21(23)25)16(4-2)14-25/h4,6-9,15,17,21H,3,5,10-14H2,1-2H3/p+1/b16-4+/t17-,21?,23?,25?/m0/s1. The number of benzene rings is 1. The van der Waals surface area contributed by atoms with Crippen LogP contribution in [0.25, 0.3) is 0 Å². The van der Waals surface area contributed by atoms with Crippen LogP contribution >= 0.6 is 0 Å². The lowest BCUT2D eigenvalue weighted by Gasteiger charge is -2.53. The molecule has 3 nitrogen and oxygen atoms in total. The van der Waals surface area contributed by atoms with Crippen LogP contribution in [0, 0.1) is 5.92 Å². The molecule has 1 spiro atoms. The highest BCUT2D eigenvalue weighted by atomic mass is 16.1.